The first kappa shape index (κ1) is 15.1. The molecule has 3 aromatic rings. The van der Waals surface area contributed by atoms with Crippen LogP contribution in [0.2, 0.25) is 0 Å². The van der Waals surface area contributed by atoms with E-state index in [4.69, 9.17) is 4.74 Å². The first-order chi connectivity index (χ1) is 11.8. The fraction of sp³-hybridized carbons (Fsp3) is 0.333. The van der Waals surface area contributed by atoms with Crippen molar-refractivity contribution in [1.29, 1.82) is 0 Å². The van der Waals surface area contributed by atoms with E-state index in [2.05, 4.69) is 49.7 Å². The fourth-order valence-electron chi connectivity index (χ4n) is 3.06. The Bertz CT molecular complexity index is 821. The molecule has 3 heterocycles. The van der Waals surface area contributed by atoms with E-state index in [0.717, 1.165) is 61.0 Å². The van der Waals surface area contributed by atoms with Crippen molar-refractivity contribution in [2.24, 2.45) is 0 Å². The number of nitrogens with one attached hydrogen (secondary N) is 2. The molecule has 24 heavy (non-hydrogen) atoms. The largest absolute Gasteiger partial charge is 0.379 e. The van der Waals surface area contributed by atoms with Crippen molar-refractivity contribution in [1.82, 2.24) is 20.1 Å². The van der Waals surface area contributed by atoms with Crippen LogP contribution in [0.15, 0.2) is 36.5 Å². The van der Waals surface area contributed by atoms with Gasteiger partial charge in [0.25, 0.3) is 0 Å². The van der Waals surface area contributed by atoms with Gasteiger partial charge in [0, 0.05) is 31.5 Å². The summed E-state index contributed by atoms with van der Waals surface area (Å²) in [7, 11) is 0. The van der Waals surface area contributed by atoms with Crippen molar-refractivity contribution >= 4 is 22.4 Å². The molecule has 1 aliphatic heterocycles. The number of fused-ring (bicyclic) bond motifs is 1. The number of ether oxygens (including phenoxy) is 1. The molecule has 2 N–H and O–H groups in total. The van der Waals surface area contributed by atoms with Gasteiger partial charge in [0.15, 0.2) is 0 Å². The first-order valence-corrected chi connectivity index (χ1v) is 8.25. The van der Waals surface area contributed by atoms with Crippen LogP contribution in [0.25, 0.3) is 10.9 Å². The zero-order valence-electron chi connectivity index (χ0n) is 13.7. The minimum atomic E-state index is 0.833. The number of aromatic nitrogens is 3. The van der Waals surface area contributed by atoms with Crippen LogP contribution in [0.3, 0.4) is 0 Å². The minimum Gasteiger partial charge on any atom is -0.379 e. The van der Waals surface area contributed by atoms with E-state index in [1.165, 1.54) is 5.56 Å². The van der Waals surface area contributed by atoms with Crippen molar-refractivity contribution in [2.45, 2.75) is 13.5 Å². The third-order valence-corrected chi connectivity index (χ3v) is 4.38. The molecular weight excluding hydrogens is 302 g/mol. The number of aromatic amines is 1. The Balaban J connectivity index is 1.49. The van der Waals surface area contributed by atoms with Crippen LogP contribution < -0.4 is 5.32 Å². The van der Waals surface area contributed by atoms with E-state index in [1.807, 2.05) is 13.0 Å². The van der Waals surface area contributed by atoms with E-state index >= 15 is 0 Å². The normalized spacial score (nSPS) is 15.7. The van der Waals surface area contributed by atoms with Crippen LogP contribution >= 0.6 is 0 Å². The maximum atomic E-state index is 5.39. The number of anilines is 2. The summed E-state index contributed by atoms with van der Waals surface area (Å²) in [6.45, 7) is 6.63. The Hall–Kier alpha value is -2.44. The fourth-order valence-corrected chi connectivity index (χ4v) is 3.06. The van der Waals surface area contributed by atoms with Gasteiger partial charge in [0.2, 0.25) is 0 Å². The van der Waals surface area contributed by atoms with Gasteiger partial charge >= 0.3 is 0 Å². The molecule has 4 rings (SSSR count). The average molecular weight is 323 g/mol. The molecule has 0 aliphatic carbocycles. The standard InChI is InChI=1S/C18H21N5O/c1-13-17-16(22-21-13)6-7-19-18(17)20-15-4-2-14(3-5-15)12-23-8-10-24-11-9-23/h2-7H,8-12H2,1H3,(H,19,20)(H,21,22). The number of hydrogen-bond donors (Lipinski definition) is 2. The smallest absolute Gasteiger partial charge is 0.141 e. The molecule has 1 fully saturated rings. The van der Waals surface area contributed by atoms with Gasteiger partial charge in [-0.25, -0.2) is 4.98 Å². The summed E-state index contributed by atoms with van der Waals surface area (Å²) in [5.74, 6) is 0.833. The van der Waals surface area contributed by atoms with Gasteiger partial charge in [0.05, 0.1) is 29.8 Å². The molecule has 1 saturated heterocycles. The van der Waals surface area contributed by atoms with Crippen LogP contribution in [0, 0.1) is 6.92 Å². The first-order valence-electron chi connectivity index (χ1n) is 8.25. The van der Waals surface area contributed by atoms with E-state index in [-0.39, 0.29) is 0 Å². The summed E-state index contributed by atoms with van der Waals surface area (Å²) in [5, 5.41) is 11.7. The maximum absolute atomic E-state index is 5.39. The van der Waals surface area contributed by atoms with Crippen molar-refractivity contribution in [3.63, 3.8) is 0 Å². The van der Waals surface area contributed by atoms with Gasteiger partial charge in [-0.1, -0.05) is 12.1 Å². The Morgan fingerprint density at radius 3 is 2.75 bits per heavy atom. The molecule has 0 saturated carbocycles. The number of rotatable bonds is 4. The molecule has 0 spiro atoms. The number of nitrogens with zero attached hydrogens (tertiary/aromatic N) is 3. The molecule has 1 aromatic carbocycles. The lowest BCUT2D eigenvalue weighted by Crippen LogP contribution is -2.35. The second-order valence-corrected chi connectivity index (χ2v) is 6.10. The molecule has 0 atom stereocenters. The van der Waals surface area contributed by atoms with Crippen molar-refractivity contribution < 1.29 is 4.74 Å². The number of benzene rings is 1. The van der Waals surface area contributed by atoms with Gasteiger partial charge < -0.3 is 10.1 Å². The molecule has 6 heteroatoms. The van der Waals surface area contributed by atoms with Crippen LogP contribution in [0.4, 0.5) is 11.5 Å². The monoisotopic (exact) mass is 323 g/mol. The number of morpholine rings is 1. The highest BCUT2D eigenvalue weighted by molar-refractivity contribution is 5.92. The van der Waals surface area contributed by atoms with Crippen LogP contribution in [-0.2, 0) is 11.3 Å². The van der Waals surface area contributed by atoms with Crippen molar-refractivity contribution in [3.8, 4) is 0 Å². The summed E-state index contributed by atoms with van der Waals surface area (Å²) in [4.78, 5) is 6.88. The Labute approximate surface area is 140 Å². The van der Waals surface area contributed by atoms with Crippen LogP contribution in [-0.4, -0.2) is 46.4 Å². The van der Waals surface area contributed by atoms with Crippen LogP contribution in [0.1, 0.15) is 11.3 Å². The van der Waals surface area contributed by atoms with E-state index in [9.17, 15) is 0 Å². The number of H-pyrrole nitrogens is 1. The molecule has 0 amide bonds. The number of pyridine rings is 1. The van der Waals surface area contributed by atoms with Gasteiger partial charge in [-0.15, -0.1) is 0 Å². The summed E-state index contributed by atoms with van der Waals surface area (Å²) in [6.07, 6.45) is 1.79. The lowest BCUT2D eigenvalue weighted by atomic mass is 10.2. The van der Waals surface area contributed by atoms with Crippen molar-refractivity contribution in [2.75, 3.05) is 31.6 Å². The summed E-state index contributed by atoms with van der Waals surface area (Å²) in [5.41, 5.74) is 4.29. The Morgan fingerprint density at radius 2 is 1.96 bits per heavy atom. The van der Waals surface area contributed by atoms with Gasteiger partial charge in [-0.05, 0) is 30.7 Å². The lowest BCUT2D eigenvalue weighted by molar-refractivity contribution is 0.0342. The molecule has 0 unspecified atom stereocenters. The maximum Gasteiger partial charge on any atom is 0.141 e. The zero-order valence-corrected chi connectivity index (χ0v) is 13.7. The average Bonchev–Trinajstić information content (AvgIpc) is 3.00. The Kier molecular flexibility index (Phi) is 4.15. The highest BCUT2D eigenvalue weighted by Crippen LogP contribution is 2.25. The van der Waals surface area contributed by atoms with Crippen molar-refractivity contribution in [3.05, 3.63) is 47.8 Å². The van der Waals surface area contributed by atoms with E-state index in [0.29, 0.717) is 0 Å². The SMILES string of the molecule is Cc1n[nH]c2ccnc(Nc3ccc(CN4CCOCC4)cc3)c12. The number of aryl methyl sites for hydroxylation is 1. The third-order valence-electron chi connectivity index (χ3n) is 4.38. The molecule has 0 radical (unpaired) electrons. The second kappa shape index (κ2) is 6.59. The predicted octanol–water partition coefficient (Wildman–Crippen LogP) is 2.84. The predicted molar refractivity (Wildman–Crippen MR) is 94.4 cm³/mol. The van der Waals surface area contributed by atoms with Gasteiger partial charge in [-0.2, -0.15) is 5.10 Å². The van der Waals surface area contributed by atoms with Gasteiger partial charge in [-0.3, -0.25) is 10.00 Å². The third kappa shape index (κ3) is 3.11. The summed E-state index contributed by atoms with van der Waals surface area (Å²) < 4.78 is 5.39. The lowest BCUT2D eigenvalue weighted by Gasteiger charge is -2.26. The minimum absolute atomic E-state index is 0.833. The highest BCUT2D eigenvalue weighted by Gasteiger charge is 2.11. The molecule has 124 valence electrons. The Morgan fingerprint density at radius 1 is 1.17 bits per heavy atom. The van der Waals surface area contributed by atoms with Crippen LogP contribution in [0.5, 0.6) is 0 Å². The molecule has 0 bridgehead atoms. The molecule has 2 aromatic heterocycles. The van der Waals surface area contributed by atoms with E-state index < -0.39 is 0 Å². The quantitative estimate of drug-likeness (QED) is 0.773. The molecule has 1 aliphatic rings. The second-order valence-electron chi connectivity index (χ2n) is 6.10. The summed E-state index contributed by atoms with van der Waals surface area (Å²) in [6, 6.07) is 10.5. The van der Waals surface area contributed by atoms with E-state index in [1.54, 1.807) is 6.20 Å². The summed E-state index contributed by atoms with van der Waals surface area (Å²) >= 11 is 0. The zero-order chi connectivity index (χ0) is 16.4. The topological polar surface area (TPSA) is 66.1 Å². The highest BCUT2D eigenvalue weighted by atomic mass is 16.5. The number of hydrogen-bond acceptors (Lipinski definition) is 5. The molecular formula is C18H21N5O. The van der Waals surface area contributed by atoms with Gasteiger partial charge in [0.1, 0.15) is 5.82 Å². The molecule has 6 nitrogen and oxygen atoms in total.